The maximum absolute atomic E-state index is 15.3. The molecule has 2 fully saturated rings. The van der Waals surface area contributed by atoms with E-state index in [2.05, 4.69) is 63.6 Å². The summed E-state index contributed by atoms with van der Waals surface area (Å²) < 4.78 is 286. The molecule has 0 aromatic heterocycles. The van der Waals surface area contributed by atoms with Crippen LogP contribution in [0.15, 0.2) is 238 Å². The standard InChI is InChI=1S/C33H33ClF2O4SSi.2C17H12ClF3O4S.C13H8ClF3O2S.C4H4O2.C4H9.B.2Li.H/c1-33(2,3)42(26-10-6-4-7-11-26,27-12-8-5-9-13-27)40-21-20-23-22-39-31-29(36)19-18-28(35)30(31)32(23)41(37,38)25-16-14-24(34)15-17-25;2*18-10-1-3-11(4-2-10)26(23,24)17(9-7-14(22)25-8-9)15-12(19)5-6-13(20)16(15)21;14-8-1-3-9(4-2-8)20(18,19)7-10-11(15)5-6-12(16)13(10)17;5-4-2-1-3-6-4;1-3-4-2;;;;/h4-19,23,32H,20-22H2,1-3H3;2*1-6,9,17H,7-8H2;1-6H,7H2;1-2H,3H2;1,3-4H2,2H3;;;;/q;;;;;-1;;2*+1;-1/t23-,32+;;;;;;;;;/m0........./s1. The number of sulfone groups is 4. The minimum Gasteiger partial charge on any atom is -1.00 e. The second-order valence-electron chi connectivity index (χ2n) is 29.1. The number of unbranched alkanes of at least 4 members (excludes halogenated alkanes) is 1. The van der Waals surface area contributed by atoms with Gasteiger partial charge in [-0.3, -0.25) is 9.59 Å². The van der Waals surface area contributed by atoms with Crippen molar-refractivity contribution in [2.24, 2.45) is 17.8 Å². The Bertz CT molecular complexity index is 5810. The molecule has 10 aromatic rings. The van der Waals surface area contributed by atoms with Gasteiger partial charge in [0.15, 0.2) is 85.8 Å². The van der Waals surface area contributed by atoms with Gasteiger partial charge in [-0.15, -0.1) is 0 Å². The topological polar surface area (TPSA) is 234 Å². The number of fused-ring (bicyclic) bond motifs is 1. The smallest absolute Gasteiger partial charge is 1.00 e. The quantitative estimate of drug-likeness (QED) is 0.0172. The molecule has 2 saturated heterocycles. The number of hydrogen-bond donors (Lipinski definition) is 0. The van der Waals surface area contributed by atoms with Gasteiger partial charge in [0, 0.05) is 75.6 Å². The van der Waals surface area contributed by atoms with E-state index in [-0.39, 0.29) is 145 Å². The number of benzene rings is 10. The fourth-order valence-electron chi connectivity index (χ4n) is 13.8. The molecule has 0 spiro atoms. The predicted molar refractivity (Wildman–Crippen MR) is 454 cm³/mol. The molecule has 3 radical (unpaired) electrons. The molecule has 4 heterocycles. The third kappa shape index (κ3) is 26.1. The molecule has 10 aromatic carbocycles. The molecule has 0 aliphatic carbocycles. The van der Waals surface area contributed by atoms with Crippen molar-refractivity contribution in [1.82, 2.24) is 0 Å². The SMILES string of the molecule is CC(C)(C)[Si](OCC[C@H]1COc2c(F)ccc(F)c2[C@@H]1S(=O)(=O)c1ccc(Cl)cc1)(c1ccccc1)c1ccccc1.O=C1C=CCO1.O=C1CC(C(c2c(F)ccc(F)c2F)S(=O)(=O)c2ccc(Cl)cc2)CO1.O=C1CC(C(c2c(F)ccc(F)c2F)S(=O)(=O)c2ccc(Cl)cc2)CO1.O=S(=O)(Cc1c(F)ccc(F)c1F)c1ccc(Cl)cc1.[B].[CH2-]CCC.[H-].[Li+].[Li+]. The van der Waals surface area contributed by atoms with E-state index in [1.807, 2.05) is 36.4 Å². The summed E-state index contributed by atoms with van der Waals surface area (Å²) in [6, 6.07) is 46.6. The van der Waals surface area contributed by atoms with Crippen LogP contribution in [-0.2, 0) is 78.1 Å². The Hall–Kier alpha value is -8.22. The molecule has 0 amide bonds. The molecule has 665 valence electrons. The summed E-state index contributed by atoms with van der Waals surface area (Å²) in [7, 11) is -19.8. The van der Waals surface area contributed by atoms with E-state index in [4.69, 9.17) is 65.0 Å². The van der Waals surface area contributed by atoms with Crippen molar-refractivity contribution in [3.8, 4) is 5.75 Å². The van der Waals surface area contributed by atoms with Gasteiger partial charge in [-0.2, -0.15) is 6.42 Å². The molecule has 4 aliphatic heterocycles. The van der Waals surface area contributed by atoms with E-state index >= 15 is 4.39 Å². The Balaban J connectivity index is 0.000000297. The summed E-state index contributed by atoms with van der Waals surface area (Å²) in [6.07, 6.45) is 4.92. The van der Waals surface area contributed by atoms with Crippen LogP contribution in [0.4, 0.5) is 48.3 Å². The molecule has 14 rings (SSSR count). The van der Waals surface area contributed by atoms with Crippen LogP contribution in [0.1, 0.15) is 99.2 Å². The molecule has 0 bridgehead atoms. The van der Waals surface area contributed by atoms with Crippen LogP contribution >= 0.6 is 46.4 Å². The van der Waals surface area contributed by atoms with E-state index in [0.717, 1.165) is 28.9 Å². The second-order valence-corrected chi connectivity index (χ2v) is 43.4. The number of rotatable bonds is 20. The van der Waals surface area contributed by atoms with Gasteiger partial charge in [0.25, 0.3) is 8.32 Å². The number of esters is 3. The Morgan fingerprint density at radius 1 is 0.472 bits per heavy atom. The first-order valence-corrected chi connectivity index (χ1v) is 47.4. The number of carbonyl (C=O) groups is 3. The number of hydrogen-bond acceptors (Lipinski definition) is 16. The van der Waals surface area contributed by atoms with Crippen LogP contribution in [0, 0.1) is 88.7 Å². The maximum atomic E-state index is 15.3. The third-order valence-electron chi connectivity index (χ3n) is 19.8. The zero-order chi connectivity index (χ0) is 91.0. The van der Waals surface area contributed by atoms with Crippen molar-refractivity contribution >= 4 is 131 Å². The van der Waals surface area contributed by atoms with E-state index in [0.29, 0.717) is 53.1 Å². The molecule has 127 heavy (non-hydrogen) atoms. The van der Waals surface area contributed by atoms with E-state index in [1.165, 1.54) is 110 Å². The molecular weight excluding hydrogens is 1840 g/mol. The van der Waals surface area contributed by atoms with Crippen molar-refractivity contribution in [1.29, 1.82) is 0 Å². The maximum Gasteiger partial charge on any atom is 1.00 e. The predicted octanol–water partition coefficient (Wildman–Crippen LogP) is 14.0. The van der Waals surface area contributed by atoms with Gasteiger partial charge in [-0.1, -0.05) is 141 Å². The first-order valence-electron chi connectivity index (χ1n) is 37.7. The molecule has 6 atom stereocenters. The Morgan fingerprint density at radius 2 is 0.843 bits per heavy atom. The van der Waals surface area contributed by atoms with Crippen LogP contribution in [0.25, 0.3) is 0 Å². The van der Waals surface area contributed by atoms with E-state index in [1.54, 1.807) is 6.08 Å². The Morgan fingerprint density at radius 3 is 1.20 bits per heavy atom. The van der Waals surface area contributed by atoms with Gasteiger partial charge in [-0.05, 0) is 174 Å². The average Bonchev–Trinajstić information content (AvgIpc) is 1.07. The minimum absolute atomic E-state index is 0. The van der Waals surface area contributed by atoms with Crippen molar-refractivity contribution in [3.05, 3.63) is 332 Å². The number of cyclic esters (lactones) is 3. The Kier molecular flexibility index (Phi) is 39.8. The molecule has 16 nitrogen and oxygen atoms in total. The largest absolute Gasteiger partial charge is 1.00 e. The van der Waals surface area contributed by atoms with Crippen molar-refractivity contribution in [2.75, 3.05) is 33.0 Å². The second kappa shape index (κ2) is 47.0. The summed E-state index contributed by atoms with van der Waals surface area (Å²) in [5.41, 5.74) is -2.99. The molecule has 4 aliphatic rings. The molecule has 39 heteroatoms. The van der Waals surface area contributed by atoms with Crippen LogP contribution in [0.5, 0.6) is 5.75 Å². The van der Waals surface area contributed by atoms with Crippen LogP contribution in [0.2, 0.25) is 25.1 Å². The molecule has 0 N–H and O–H groups in total. The first-order chi connectivity index (χ1) is 58.5. The van der Waals surface area contributed by atoms with Gasteiger partial charge < -0.3 is 31.7 Å². The van der Waals surface area contributed by atoms with E-state index in [9.17, 15) is 92.0 Å². The fraction of sp³-hybridized carbons (Fsp3) is 0.250. The van der Waals surface area contributed by atoms with E-state index < -0.39 is 180 Å². The summed E-state index contributed by atoms with van der Waals surface area (Å²) in [5, 5.41) is -1.90. The van der Waals surface area contributed by atoms with Gasteiger partial charge in [0.2, 0.25) is 0 Å². The molecule has 4 unspecified atom stereocenters. The number of ether oxygens (including phenoxy) is 4. The number of halogens is 15. The first kappa shape index (κ1) is 108. The zero-order valence-electron chi connectivity index (χ0n) is 69.6. The average molecular weight is 1920 g/mol. The van der Waals surface area contributed by atoms with Crippen molar-refractivity contribution < 1.29 is 159 Å². The monoisotopic (exact) mass is 1920 g/mol. The van der Waals surface area contributed by atoms with Crippen LogP contribution < -0.4 is 52.8 Å². The molecular formula is C88H79BCl4F11Li2O16S4Si. The summed E-state index contributed by atoms with van der Waals surface area (Å²) >= 11 is 23.1. The fourth-order valence-corrected chi connectivity index (χ4v) is 26.4. The zero-order valence-corrected chi connectivity index (χ0v) is 75.9. The van der Waals surface area contributed by atoms with Crippen LogP contribution in [0.3, 0.4) is 0 Å². The number of carbonyl (C=O) groups excluding carboxylic acids is 3. The summed E-state index contributed by atoms with van der Waals surface area (Å²) in [4.78, 5) is 32.1. The Labute approximate surface area is 777 Å². The van der Waals surface area contributed by atoms with Gasteiger partial charge >= 0.3 is 55.6 Å². The normalized spacial score (nSPS) is 16.3. The summed E-state index contributed by atoms with van der Waals surface area (Å²) in [6.45, 7) is 12.1. The summed E-state index contributed by atoms with van der Waals surface area (Å²) in [5.74, 6) is -19.7. The van der Waals surface area contributed by atoms with Gasteiger partial charge in [-0.25, -0.2) is 86.8 Å². The third-order valence-corrected chi connectivity index (χ3v) is 34.2. The van der Waals surface area contributed by atoms with Crippen molar-refractivity contribution in [3.63, 3.8) is 0 Å². The van der Waals surface area contributed by atoms with Gasteiger partial charge in [0.1, 0.15) is 45.6 Å². The van der Waals surface area contributed by atoms with Crippen LogP contribution in [-0.4, -0.2) is 101 Å². The van der Waals surface area contributed by atoms with Gasteiger partial charge in [0.05, 0.1) is 63.6 Å². The van der Waals surface area contributed by atoms with Crippen molar-refractivity contribution in [2.45, 2.75) is 106 Å². The molecule has 0 saturated carbocycles. The minimum atomic E-state index is -4.38.